The number of ether oxygens (including phenoxy) is 1. The van der Waals surface area contributed by atoms with Crippen LogP contribution in [-0.4, -0.2) is 67.2 Å². The number of likely N-dealkylation sites (tertiary alicyclic amines) is 1. The Morgan fingerprint density at radius 1 is 1.25 bits per heavy atom. The van der Waals surface area contributed by atoms with Gasteiger partial charge in [0.1, 0.15) is 0 Å². The summed E-state index contributed by atoms with van der Waals surface area (Å²) >= 11 is 0. The second kappa shape index (κ2) is 5.62. The first kappa shape index (κ1) is 14.3. The zero-order valence-electron chi connectivity index (χ0n) is 12.5. The monoisotopic (exact) mass is 281 g/mol. The van der Waals surface area contributed by atoms with E-state index in [9.17, 15) is 4.79 Å². The van der Waals surface area contributed by atoms with Crippen molar-refractivity contribution in [3.63, 3.8) is 0 Å². The van der Waals surface area contributed by atoms with Gasteiger partial charge in [0, 0.05) is 38.3 Å². The van der Waals surface area contributed by atoms with E-state index in [1.165, 1.54) is 0 Å². The molecule has 3 fully saturated rings. The number of nitrogens with two attached hydrogens (primary N) is 1. The number of hydrogen-bond acceptors (Lipinski definition) is 4. The van der Waals surface area contributed by atoms with E-state index in [4.69, 9.17) is 10.5 Å². The highest BCUT2D eigenvalue weighted by Gasteiger charge is 2.46. The van der Waals surface area contributed by atoms with Gasteiger partial charge in [-0.3, -0.25) is 9.69 Å². The SMILES string of the molecule is CC1(C(=O)N2CCC(N3CCOCC3)C2)CCCC1N. The van der Waals surface area contributed by atoms with Crippen molar-refractivity contribution in [3.8, 4) is 0 Å². The van der Waals surface area contributed by atoms with Crippen LogP contribution in [0.2, 0.25) is 0 Å². The minimum atomic E-state index is -0.320. The molecule has 3 unspecified atom stereocenters. The molecule has 2 N–H and O–H groups in total. The molecule has 0 aromatic rings. The van der Waals surface area contributed by atoms with E-state index >= 15 is 0 Å². The van der Waals surface area contributed by atoms with Crippen molar-refractivity contribution in [2.24, 2.45) is 11.1 Å². The molecule has 1 saturated carbocycles. The summed E-state index contributed by atoms with van der Waals surface area (Å²) in [6.45, 7) is 7.49. The lowest BCUT2D eigenvalue weighted by molar-refractivity contribution is -0.140. The van der Waals surface area contributed by atoms with Gasteiger partial charge in [-0.05, 0) is 26.2 Å². The Morgan fingerprint density at radius 2 is 2.00 bits per heavy atom. The second-order valence-corrected chi connectivity index (χ2v) is 6.76. The van der Waals surface area contributed by atoms with Crippen LogP contribution in [0.15, 0.2) is 0 Å². The van der Waals surface area contributed by atoms with Crippen LogP contribution in [0.3, 0.4) is 0 Å². The Morgan fingerprint density at radius 3 is 2.65 bits per heavy atom. The highest BCUT2D eigenvalue weighted by Crippen LogP contribution is 2.39. The highest BCUT2D eigenvalue weighted by molar-refractivity contribution is 5.83. The average molecular weight is 281 g/mol. The molecule has 20 heavy (non-hydrogen) atoms. The van der Waals surface area contributed by atoms with Crippen molar-refractivity contribution in [1.29, 1.82) is 0 Å². The van der Waals surface area contributed by atoms with Gasteiger partial charge in [-0.1, -0.05) is 6.42 Å². The molecule has 0 bridgehead atoms. The minimum Gasteiger partial charge on any atom is -0.379 e. The summed E-state index contributed by atoms with van der Waals surface area (Å²) < 4.78 is 5.41. The number of carbonyl (C=O) groups is 1. The molecule has 0 aromatic carbocycles. The third-order valence-electron chi connectivity index (χ3n) is 5.53. The second-order valence-electron chi connectivity index (χ2n) is 6.76. The third kappa shape index (κ3) is 2.47. The van der Waals surface area contributed by atoms with Crippen LogP contribution in [-0.2, 0) is 9.53 Å². The van der Waals surface area contributed by atoms with Gasteiger partial charge in [-0.25, -0.2) is 0 Å². The zero-order chi connectivity index (χ0) is 14.2. The molecule has 3 atom stereocenters. The summed E-state index contributed by atoms with van der Waals surface area (Å²) in [7, 11) is 0. The molecular formula is C15H27N3O2. The largest absolute Gasteiger partial charge is 0.379 e. The summed E-state index contributed by atoms with van der Waals surface area (Å²) in [4.78, 5) is 17.4. The Labute approximate surface area is 121 Å². The fourth-order valence-electron chi connectivity index (χ4n) is 3.99. The van der Waals surface area contributed by atoms with Crippen LogP contribution in [0.5, 0.6) is 0 Å². The lowest BCUT2D eigenvalue weighted by Crippen LogP contribution is -2.50. The van der Waals surface area contributed by atoms with Crippen LogP contribution in [0, 0.1) is 5.41 Å². The smallest absolute Gasteiger partial charge is 0.230 e. The molecule has 114 valence electrons. The fourth-order valence-corrected chi connectivity index (χ4v) is 3.99. The van der Waals surface area contributed by atoms with Crippen molar-refractivity contribution < 1.29 is 9.53 Å². The van der Waals surface area contributed by atoms with Gasteiger partial charge in [-0.15, -0.1) is 0 Å². The summed E-state index contributed by atoms with van der Waals surface area (Å²) in [5, 5.41) is 0. The first-order valence-electron chi connectivity index (χ1n) is 7.98. The predicted octanol–water partition coefficient (Wildman–Crippen LogP) is 0.437. The van der Waals surface area contributed by atoms with Crippen molar-refractivity contribution in [2.75, 3.05) is 39.4 Å². The van der Waals surface area contributed by atoms with E-state index in [0.717, 1.165) is 65.1 Å². The standard InChI is InChI=1S/C15H27N3O2/c1-15(5-2-3-13(15)16)14(19)18-6-4-12(11-18)17-7-9-20-10-8-17/h12-13H,2-11,16H2,1H3. The van der Waals surface area contributed by atoms with Gasteiger partial charge >= 0.3 is 0 Å². The lowest BCUT2D eigenvalue weighted by Gasteiger charge is -2.34. The molecule has 2 heterocycles. The van der Waals surface area contributed by atoms with Crippen LogP contribution < -0.4 is 5.73 Å². The summed E-state index contributed by atoms with van der Waals surface area (Å²) in [6, 6.07) is 0.557. The van der Waals surface area contributed by atoms with Crippen molar-refractivity contribution in [1.82, 2.24) is 9.80 Å². The van der Waals surface area contributed by atoms with Gasteiger partial charge < -0.3 is 15.4 Å². The summed E-state index contributed by atoms with van der Waals surface area (Å²) in [5.41, 5.74) is 5.87. The normalized spacial score (nSPS) is 39.4. The topological polar surface area (TPSA) is 58.8 Å². The first-order valence-corrected chi connectivity index (χ1v) is 7.98. The molecular weight excluding hydrogens is 254 g/mol. The number of hydrogen-bond donors (Lipinski definition) is 1. The molecule has 1 aliphatic carbocycles. The number of morpholine rings is 1. The number of rotatable bonds is 2. The van der Waals surface area contributed by atoms with E-state index in [1.807, 2.05) is 0 Å². The Kier molecular flexibility index (Phi) is 4.02. The van der Waals surface area contributed by atoms with Crippen LogP contribution in [0.1, 0.15) is 32.6 Å². The van der Waals surface area contributed by atoms with Crippen molar-refractivity contribution in [3.05, 3.63) is 0 Å². The van der Waals surface area contributed by atoms with E-state index in [0.29, 0.717) is 11.9 Å². The summed E-state index contributed by atoms with van der Waals surface area (Å²) in [5.74, 6) is 0.290. The molecule has 0 spiro atoms. The molecule has 1 amide bonds. The average Bonchev–Trinajstić information content (AvgIpc) is 3.08. The van der Waals surface area contributed by atoms with Gasteiger partial charge in [0.25, 0.3) is 0 Å². The minimum absolute atomic E-state index is 0.0393. The van der Waals surface area contributed by atoms with Crippen LogP contribution in [0.25, 0.3) is 0 Å². The third-order valence-corrected chi connectivity index (χ3v) is 5.53. The lowest BCUT2D eigenvalue weighted by atomic mass is 9.83. The predicted molar refractivity (Wildman–Crippen MR) is 77.3 cm³/mol. The van der Waals surface area contributed by atoms with Gasteiger partial charge in [0.2, 0.25) is 5.91 Å². The molecule has 2 aliphatic heterocycles. The Balaban J connectivity index is 1.60. The van der Waals surface area contributed by atoms with E-state index in [2.05, 4.69) is 16.7 Å². The molecule has 3 rings (SSSR count). The molecule has 3 aliphatic rings. The maximum Gasteiger partial charge on any atom is 0.230 e. The van der Waals surface area contributed by atoms with Gasteiger partial charge in [0.05, 0.1) is 18.6 Å². The molecule has 0 radical (unpaired) electrons. The fraction of sp³-hybridized carbons (Fsp3) is 0.933. The molecule has 5 nitrogen and oxygen atoms in total. The number of carbonyl (C=O) groups excluding carboxylic acids is 1. The summed E-state index contributed by atoms with van der Waals surface area (Å²) in [6.07, 6.45) is 4.12. The van der Waals surface area contributed by atoms with Crippen LogP contribution >= 0.6 is 0 Å². The van der Waals surface area contributed by atoms with E-state index in [-0.39, 0.29) is 11.5 Å². The van der Waals surface area contributed by atoms with Crippen molar-refractivity contribution >= 4 is 5.91 Å². The maximum atomic E-state index is 12.8. The van der Waals surface area contributed by atoms with Crippen LogP contribution in [0.4, 0.5) is 0 Å². The quantitative estimate of drug-likeness (QED) is 0.798. The Bertz CT molecular complexity index is 370. The number of amides is 1. The highest BCUT2D eigenvalue weighted by atomic mass is 16.5. The molecule has 5 heteroatoms. The van der Waals surface area contributed by atoms with Gasteiger partial charge in [-0.2, -0.15) is 0 Å². The number of nitrogens with zero attached hydrogens (tertiary/aromatic N) is 2. The van der Waals surface area contributed by atoms with E-state index in [1.54, 1.807) is 0 Å². The van der Waals surface area contributed by atoms with Crippen molar-refractivity contribution in [2.45, 2.75) is 44.7 Å². The zero-order valence-corrected chi connectivity index (χ0v) is 12.5. The first-order chi connectivity index (χ1) is 9.61. The maximum absolute atomic E-state index is 12.8. The molecule has 2 saturated heterocycles. The van der Waals surface area contributed by atoms with E-state index < -0.39 is 0 Å². The Hall–Kier alpha value is -0.650. The molecule has 0 aromatic heterocycles. The van der Waals surface area contributed by atoms with Gasteiger partial charge in [0.15, 0.2) is 0 Å².